The van der Waals surface area contributed by atoms with Crippen molar-refractivity contribution in [1.82, 2.24) is 14.7 Å². The molecule has 0 aliphatic carbocycles. The van der Waals surface area contributed by atoms with Gasteiger partial charge in [0.05, 0.1) is 24.7 Å². The molecule has 1 N–H and O–H groups in total. The number of hydrogen-bond acceptors (Lipinski definition) is 5. The molecule has 1 aliphatic heterocycles. The van der Waals surface area contributed by atoms with Gasteiger partial charge in [-0.3, -0.25) is 19.4 Å². The van der Waals surface area contributed by atoms with Gasteiger partial charge in [-0.1, -0.05) is 11.6 Å². The van der Waals surface area contributed by atoms with Crippen LogP contribution in [-0.2, 0) is 9.59 Å². The number of anilines is 1. The average Bonchev–Trinajstić information content (AvgIpc) is 2.69. The van der Waals surface area contributed by atoms with Gasteiger partial charge in [0.25, 0.3) is 0 Å². The van der Waals surface area contributed by atoms with Crippen LogP contribution in [0.3, 0.4) is 0 Å². The van der Waals surface area contributed by atoms with E-state index in [0.29, 0.717) is 23.0 Å². The molecule has 8 heteroatoms. The fourth-order valence-corrected chi connectivity index (χ4v) is 3.59. The summed E-state index contributed by atoms with van der Waals surface area (Å²) in [5.74, 6) is 0.664. The monoisotopic (exact) mass is 410 g/mol. The lowest BCUT2D eigenvalue weighted by atomic mass is 10.2. The van der Waals surface area contributed by atoms with E-state index in [4.69, 9.17) is 16.3 Å². The van der Waals surface area contributed by atoms with E-state index in [0.717, 1.165) is 39.3 Å². The second kappa shape index (κ2) is 10.6. The standard InChI is InChI=1S/C20H31ClN4O3/c1-5-24(6-2)19(26)14-23-9-11-25(12-10-23)15(3)20(27)22-16-7-8-18(28-4)17(21)13-16/h7-8,13,15H,5-6,9-12,14H2,1-4H3,(H,22,27). The van der Waals surface area contributed by atoms with Crippen LogP contribution in [0.2, 0.25) is 5.02 Å². The zero-order valence-electron chi connectivity index (χ0n) is 17.2. The summed E-state index contributed by atoms with van der Waals surface area (Å²) in [7, 11) is 1.55. The van der Waals surface area contributed by atoms with Gasteiger partial charge in [-0.05, 0) is 39.0 Å². The zero-order valence-corrected chi connectivity index (χ0v) is 18.0. The second-order valence-corrected chi connectivity index (χ2v) is 7.30. The number of nitrogens with zero attached hydrogens (tertiary/aromatic N) is 3. The number of rotatable bonds is 8. The lowest BCUT2D eigenvalue weighted by molar-refractivity contribution is -0.133. The van der Waals surface area contributed by atoms with Crippen LogP contribution in [0.4, 0.5) is 5.69 Å². The first kappa shape index (κ1) is 22.5. The van der Waals surface area contributed by atoms with Crippen molar-refractivity contribution in [1.29, 1.82) is 0 Å². The molecular formula is C20H31ClN4O3. The lowest BCUT2D eigenvalue weighted by Gasteiger charge is -2.37. The van der Waals surface area contributed by atoms with Crippen molar-refractivity contribution in [3.63, 3.8) is 0 Å². The number of likely N-dealkylation sites (N-methyl/N-ethyl adjacent to an activating group) is 1. The highest BCUT2D eigenvalue weighted by Crippen LogP contribution is 2.27. The molecule has 1 unspecified atom stereocenters. The van der Waals surface area contributed by atoms with Gasteiger partial charge in [0.1, 0.15) is 5.75 Å². The first-order chi connectivity index (χ1) is 13.4. The Labute approximate surface area is 172 Å². The summed E-state index contributed by atoms with van der Waals surface area (Å²) in [6, 6.07) is 4.92. The van der Waals surface area contributed by atoms with Crippen molar-refractivity contribution in [2.24, 2.45) is 0 Å². The maximum Gasteiger partial charge on any atom is 0.241 e. The van der Waals surface area contributed by atoms with Gasteiger partial charge >= 0.3 is 0 Å². The molecule has 1 fully saturated rings. The van der Waals surface area contributed by atoms with Crippen LogP contribution in [0.25, 0.3) is 0 Å². The number of nitrogens with one attached hydrogen (secondary N) is 1. The normalized spacial score (nSPS) is 16.5. The Morgan fingerprint density at radius 2 is 1.86 bits per heavy atom. The van der Waals surface area contributed by atoms with Gasteiger partial charge in [-0.15, -0.1) is 0 Å². The van der Waals surface area contributed by atoms with E-state index < -0.39 is 0 Å². The topological polar surface area (TPSA) is 65.1 Å². The molecular weight excluding hydrogens is 380 g/mol. The highest BCUT2D eigenvalue weighted by molar-refractivity contribution is 6.32. The van der Waals surface area contributed by atoms with Crippen molar-refractivity contribution in [2.45, 2.75) is 26.8 Å². The number of ether oxygens (including phenoxy) is 1. The summed E-state index contributed by atoms with van der Waals surface area (Å²) >= 11 is 6.12. The predicted molar refractivity (Wildman–Crippen MR) is 112 cm³/mol. The Hall–Kier alpha value is -1.83. The van der Waals surface area contributed by atoms with E-state index in [2.05, 4.69) is 15.1 Å². The second-order valence-electron chi connectivity index (χ2n) is 6.89. The molecule has 1 saturated heterocycles. The van der Waals surface area contributed by atoms with Crippen LogP contribution in [0.15, 0.2) is 18.2 Å². The zero-order chi connectivity index (χ0) is 20.7. The van der Waals surface area contributed by atoms with E-state index in [9.17, 15) is 9.59 Å². The summed E-state index contributed by atoms with van der Waals surface area (Å²) in [5, 5.41) is 3.37. The van der Waals surface area contributed by atoms with Gasteiger partial charge in [0.2, 0.25) is 11.8 Å². The third kappa shape index (κ3) is 5.83. The number of carbonyl (C=O) groups excluding carboxylic acids is 2. The molecule has 2 rings (SSSR count). The lowest BCUT2D eigenvalue weighted by Crippen LogP contribution is -2.54. The molecule has 1 aliphatic rings. The van der Waals surface area contributed by atoms with Crippen molar-refractivity contribution in [3.8, 4) is 5.75 Å². The largest absolute Gasteiger partial charge is 0.495 e. The van der Waals surface area contributed by atoms with Gasteiger partial charge in [0, 0.05) is 45.0 Å². The fraction of sp³-hybridized carbons (Fsp3) is 0.600. The minimum absolute atomic E-state index is 0.0751. The Morgan fingerprint density at radius 3 is 2.39 bits per heavy atom. The van der Waals surface area contributed by atoms with Crippen molar-refractivity contribution in [2.75, 3.05) is 58.2 Å². The van der Waals surface area contributed by atoms with E-state index in [1.807, 2.05) is 25.7 Å². The van der Waals surface area contributed by atoms with Gasteiger partial charge in [-0.25, -0.2) is 0 Å². The number of halogens is 1. The minimum atomic E-state index is -0.262. The summed E-state index contributed by atoms with van der Waals surface area (Å²) in [5.41, 5.74) is 0.645. The van der Waals surface area contributed by atoms with Crippen molar-refractivity contribution < 1.29 is 14.3 Å². The molecule has 0 saturated carbocycles. The summed E-state index contributed by atoms with van der Waals surface area (Å²) in [6.45, 7) is 10.9. The van der Waals surface area contributed by atoms with Crippen molar-refractivity contribution in [3.05, 3.63) is 23.2 Å². The summed E-state index contributed by atoms with van der Waals surface area (Å²) in [4.78, 5) is 31.0. The van der Waals surface area contributed by atoms with E-state index in [1.165, 1.54) is 0 Å². The molecule has 0 radical (unpaired) electrons. The smallest absolute Gasteiger partial charge is 0.241 e. The molecule has 1 atom stereocenters. The number of methoxy groups -OCH3 is 1. The van der Waals surface area contributed by atoms with E-state index in [1.54, 1.807) is 25.3 Å². The van der Waals surface area contributed by atoms with Crippen molar-refractivity contribution >= 4 is 29.1 Å². The third-order valence-electron chi connectivity index (χ3n) is 5.23. The molecule has 1 heterocycles. The summed E-state index contributed by atoms with van der Waals surface area (Å²) in [6.07, 6.45) is 0. The number of amides is 2. The molecule has 1 aromatic carbocycles. The molecule has 2 amide bonds. The van der Waals surface area contributed by atoms with Crippen LogP contribution in [0.5, 0.6) is 5.75 Å². The van der Waals surface area contributed by atoms with Crippen LogP contribution in [0, 0.1) is 0 Å². The first-order valence-corrected chi connectivity index (χ1v) is 10.2. The number of hydrogen-bond donors (Lipinski definition) is 1. The van der Waals surface area contributed by atoms with Crippen LogP contribution in [-0.4, -0.2) is 85.5 Å². The number of piperazine rings is 1. The van der Waals surface area contributed by atoms with E-state index >= 15 is 0 Å². The molecule has 28 heavy (non-hydrogen) atoms. The Balaban J connectivity index is 1.84. The van der Waals surface area contributed by atoms with Gasteiger partial charge in [0.15, 0.2) is 0 Å². The number of carbonyl (C=O) groups is 2. The van der Waals surface area contributed by atoms with Gasteiger partial charge in [-0.2, -0.15) is 0 Å². The van der Waals surface area contributed by atoms with Crippen LogP contribution >= 0.6 is 11.6 Å². The Bertz CT molecular complexity index is 673. The Kier molecular flexibility index (Phi) is 8.54. The van der Waals surface area contributed by atoms with E-state index in [-0.39, 0.29) is 17.9 Å². The third-order valence-corrected chi connectivity index (χ3v) is 5.52. The summed E-state index contributed by atoms with van der Waals surface area (Å²) < 4.78 is 5.13. The minimum Gasteiger partial charge on any atom is -0.495 e. The quantitative estimate of drug-likeness (QED) is 0.711. The SMILES string of the molecule is CCN(CC)C(=O)CN1CCN(C(C)C(=O)Nc2ccc(OC)c(Cl)c2)CC1. The molecule has 0 spiro atoms. The molecule has 1 aromatic rings. The van der Waals surface area contributed by atoms with Gasteiger partial charge < -0.3 is 15.0 Å². The fourth-order valence-electron chi connectivity index (χ4n) is 3.33. The van der Waals surface area contributed by atoms with Crippen LogP contribution < -0.4 is 10.1 Å². The maximum absolute atomic E-state index is 12.6. The molecule has 0 aromatic heterocycles. The number of benzene rings is 1. The molecule has 156 valence electrons. The Morgan fingerprint density at radius 1 is 1.21 bits per heavy atom. The average molecular weight is 411 g/mol. The predicted octanol–water partition coefficient (Wildman–Crippen LogP) is 2.16. The first-order valence-electron chi connectivity index (χ1n) is 9.78. The molecule has 7 nitrogen and oxygen atoms in total. The maximum atomic E-state index is 12.6. The highest BCUT2D eigenvalue weighted by Gasteiger charge is 2.27. The van der Waals surface area contributed by atoms with Crippen LogP contribution in [0.1, 0.15) is 20.8 Å². The molecule has 0 bridgehead atoms. The highest BCUT2D eigenvalue weighted by atomic mass is 35.5.